The van der Waals surface area contributed by atoms with Crippen molar-refractivity contribution < 1.29 is 23.9 Å². The van der Waals surface area contributed by atoms with Gasteiger partial charge in [-0.05, 0) is 66.5 Å². The molecule has 11 heteroatoms. The van der Waals surface area contributed by atoms with Crippen LogP contribution in [0.4, 0.5) is 27.0 Å². The zero-order valence-corrected chi connectivity index (χ0v) is 23.7. The lowest BCUT2D eigenvalue weighted by atomic mass is 10.1. The monoisotopic (exact) mass is 540 g/mol. The molecule has 1 saturated heterocycles. The van der Waals surface area contributed by atoms with Crippen molar-refractivity contribution in [3.63, 3.8) is 0 Å². The van der Waals surface area contributed by atoms with Crippen molar-refractivity contribution in [1.29, 1.82) is 0 Å². The number of benzene rings is 1. The molecule has 1 unspecified atom stereocenters. The zero-order chi connectivity index (χ0) is 28.6. The van der Waals surface area contributed by atoms with Gasteiger partial charge in [0.25, 0.3) is 0 Å². The largest absolute Gasteiger partial charge is 0.461 e. The van der Waals surface area contributed by atoms with Gasteiger partial charge in [-0.3, -0.25) is 9.88 Å². The van der Waals surface area contributed by atoms with E-state index in [2.05, 4.69) is 16.0 Å². The Morgan fingerprint density at radius 3 is 2.49 bits per heavy atom. The van der Waals surface area contributed by atoms with Crippen molar-refractivity contribution >= 4 is 35.5 Å². The Morgan fingerprint density at radius 2 is 1.85 bits per heavy atom. The van der Waals surface area contributed by atoms with Crippen molar-refractivity contribution in [2.75, 3.05) is 35.2 Å². The minimum absolute atomic E-state index is 0.0984. The number of esters is 1. The van der Waals surface area contributed by atoms with E-state index in [0.29, 0.717) is 31.3 Å². The molecule has 212 valence electrons. The number of piperidine rings is 1. The molecule has 0 spiro atoms. The Morgan fingerprint density at radius 1 is 1.13 bits per heavy atom. The third-order valence-electron chi connectivity index (χ3n) is 5.79. The first-order chi connectivity index (χ1) is 18.5. The Labute approximate surface area is 229 Å². The van der Waals surface area contributed by atoms with Gasteiger partial charge < -0.3 is 25.0 Å². The molecule has 11 nitrogen and oxygen atoms in total. The number of imidazole rings is 1. The summed E-state index contributed by atoms with van der Waals surface area (Å²) in [6, 6.07) is 8.28. The second-order valence-corrected chi connectivity index (χ2v) is 10.6. The van der Waals surface area contributed by atoms with E-state index in [9.17, 15) is 14.4 Å². The molecule has 1 fully saturated rings. The average molecular weight is 541 g/mol. The van der Waals surface area contributed by atoms with Crippen LogP contribution >= 0.6 is 0 Å². The van der Waals surface area contributed by atoms with E-state index in [4.69, 9.17) is 14.5 Å². The molecule has 1 atom stereocenters. The molecule has 1 aliphatic rings. The van der Waals surface area contributed by atoms with Gasteiger partial charge in [0.1, 0.15) is 5.60 Å². The highest BCUT2D eigenvalue weighted by Crippen LogP contribution is 2.28. The summed E-state index contributed by atoms with van der Waals surface area (Å²) in [5.74, 6) is 0.0105. The third-order valence-corrected chi connectivity index (χ3v) is 5.79. The molecule has 1 aliphatic heterocycles. The van der Waals surface area contributed by atoms with Crippen molar-refractivity contribution in [2.24, 2.45) is 0 Å². The number of aromatic nitrogens is 2. The summed E-state index contributed by atoms with van der Waals surface area (Å²) >= 11 is 0. The van der Waals surface area contributed by atoms with Crippen molar-refractivity contribution in [3.8, 4) is 0 Å². The van der Waals surface area contributed by atoms with E-state index < -0.39 is 23.7 Å². The molecule has 39 heavy (non-hydrogen) atoms. The van der Waals surface area contributed by atoms with Crippen LogP contribution in [0.5, 0.6) is 0 Å². The lowest BCUT2D eigenvalue weighted by molar-refractivity contribution is 0.0495. The van der Waals surface area contributed by atoms with Crippen molar-refractivity contribution in [2.45, 2.75) is 72.6 Å². The number of carbonyl (C=O) groups excluding carboxylic acids is 3. The standard InChI is InChI=1S/C28H40N6O5/c1-7-38-24(35)22-23(31-25(36)29-20-12-9-8-10-13-20)32-26(34(22)17-15-19(2)3)33-16-11-14-21(18-33)30-27(37)39-28(4,5)6/h8-10,12-13,15,21H,7,11,14,16-18H2,1-6H3,(H,30,37)(H2,29,31,36). The summed E-state index contributed by atoms with van der Waals surface area (Å²) in [7, 11) is 0. The van der Waals surface area contributed by atoms with Crippen LogP contribution in [0, 0.1) is 0 Å². The Balaban J connectivity index is 1.94. The molecular weight excluding hydrogens is 500 g/mol. The van der Waals surface area contributed by atoms with Gasteiger partial charge in [-0.2, -0.15) is 4.98 Å². The molecule has 3 N–H and O–H groups in total. The van der Waals surface area contributed by atoms with Crippen LogP contribution in [0.2, 0.25) is 0 Å². The van der Waals surface area contributed by atoms with Crippen LogP contribution in [0.15, 0.2) is 42.0 Å². The molecule has 1 aromatic heterocycles. The number of hydrogen-bond acceptors (Lipinski definition) is 7. The second kappa shape index (κ2) is 13.2. The molecule has 0 saturated carbocycles. The fourth-order valence-electron chi connectivity index (χ4n) is 4.17. The SMILES string of the molecule is CCOC(=O)c1c(NC(=O)Nc2ccccc2)nc(N2CCCC(NC(=O)OC(C)(C)C)C2)n1CC=C(C)C. The maximum absolute atomic E-state index is 13.1. The molecule has 0 bridgehead atoms. The zero-order valence-electron chi connectivity index (χ0n) is 23.7. The van der Waals surface area contributed by atoms with Crippen LogP contribution in [0.3, 0.4) is 0 Å². The molecule has 2 heterocycles. The quantitative estimate of drug-likeness (QED) is 0.312. The first kappa shape index (κ1) is 29.5. The Bertz CT molecular complexity index is 1180. The first-order valence-corrected chi connectivity index (χ1v) is 13.3. The molecular formula is C28H40N6O5. The maximum atomic E-state index is 13.1. The lowest BCUT2D eigenvalue weighted by Gasteiger charge is -2.34. The number of nitrogens with zero attached hydrogens (tertiary/aromatic N) is 3. The summed E-state index contributed by atoms with van der Waals surface area (Å²) in [4.78, 5) is 45.1. The number of hydrogen-bond donors (Lipinski definition) is 3. The van der Waals surface area contributed by atoms with Gasteiger partial charge in [-0.15, -0.1) is 0 Å². The molecule has 0 radical (unpaired) electrons. The Kier molecular flexibility index (Phi) is 9.97. The van der Waals surface area contributed by atoms with E-state index in [1.807, 2.05) is 63.8 Å². The van der Waals surface area contributed by atoms with Crippen LogP contribution in [0.25, 0.3) is 0 Å². The summed E-state index contributed by atoms with van der Waals surface area (Å²) < 4.78 is 12.5. The molecule has 1 aromatic carbocycles. The third kappa shape index (κ3) is 8.76. The van der Waals surface area contributed by atoms with E-state index in [1.165, 1.54) is 0 Å². The smallest absolute Gasteiger partial charge is 0.407 e. The number of rotatable bonds is 8. The van der Waals surface area contributed by atoms with E-state index in [1.54, 1.807) is 23.6 Å². The van der Waals surface area contributed by atoms with Gasteiger partial charge in [-0.1, -0.05) is 29.8 Å². The predicted molar refractivity (Wildman–Crippen MR) is 151 cm³/mol. The lowest BCUT2D eigenvalue weighted by Crippen LogP contribution is -2.49. The number of amides is 3. The molecule has 2 aromatic rings. The number of carbonyl (C=O) groups is 3. The minimum atomic E-state index is -0.603. The summed E-state index contributed by atoms with van der Waals surface area (Å²) in [6.45, 7) is 12.8. The van der Waals surface area contributed by atoms with Crippen LogP contribution < -0.4 is 20.9 Å². The molecule has 0 aliphatic carbocycles. The normalized spacial score (nSPS) is 15.2. The topological polar surface area (TPSA) is 127 Å². The number of urea groups is 1. The van der Waals surface area contributed by atoms with E-state index >= 15 is 0 Å². The van der Waals surface area contributed by atoms with Crippen molar-refractivity contribution in [3.05, 3.63) is 47.7 Å². The fourth-order valence-corrected chi connectivity index (χ4v) is 4.17. The summed E-state index contributed by atoms with van der Waals surface area (Å²) in [6.07, 6.45) is 3.07. The first-order valence-electron chi connectivity index (χ1n) is 13.3. The maximum Gasteiger partial charge on any atom is 0.407 e. The van der Waals surface area contributed by atoms with Gasteiger partial charge in [0, 0.05) is 31.4 Å². The molecule has 3 rings (SSSR count). The number of anilines is 3. The van der Waals surface area contributed by atoms with Gasteiger partial charge in [0.05, 0.1) is 6.61 Å². The van der Waals surface area contributed by atoms with Crippen LogP contribution in [0.1, 0.15) is 64.9 Å². The van der Waals surface area contributed by atoms with Crippen LogP contribution in [-0.4, -0.2) is 59.0 Å². The summed E-state index contributed by atoms with van der Waals surface area (Å²) in [5.41, 5.74) is 1.21. The number of para-hydroxylation sites is 1. The van der Waals surface area contributed by atoms with E-state index in [0.717, 1.165) is 18.4 Å². The van der Waals surface area contributed by atoms with Gasteiger partial charge in [-0.25, -0.2) is 14.4 Å². The number of allylic oxidation sites excluding steroid dienone is 2. The van der Waals surface area contributed by atoms with Crippen molar-refractivity contribution in [1.82, 2.24) is 14.9 Å². The van der Waals surface area contributed by atoms with Gasteiger partial charge >= 0.3 is 18.1 Å². The number of alkyl carbamates (subject to hydrolysis) is 1. The predicted octanol–water partition coefficient (Wildman–Crippen LogP) is 5.16. The second-order valence-electron chi connectivity index (χ2n) is 10.6. The highest BCUT2D eigenvalue weighted by molar-refractivity contribution is 6.04. The Hall–Kier alpha value is -4.02. The number of nitrogens with one attached hydrogen (secondary N) is 3. The molecule has 3 amide bonds. The minimum Gasteiger partial charge on any atom is -0.461 e. The highest BCUT2D eigenvalue weighted by Gasteiger charge is 2.31. The summed E-state index contributed by atoms with van der Waals surface area (Å²) in [5, 5.41) is 8.44. The average Bonchev–Trinajstić information content (AvgIpc) is 3.20. The van der Waals surface area contributed by atoms with Gasteiger partial charge in [0.2, 0.25) is 5.95 Å². The fraction of sp³-hybridized carbons (Fsp3) is 0.500. The highest BCUT2D eigenvalue weighted by atomic mass is 16.6. The van der Waals surface area contributed by atoms with E-state index in [-0.39, 0.29) is 24.2 Å². The van der Waals surface area contributed by atoms with Gasteiger partial charge in [0.15, 0.2) is 11.5 Å². The van der Waals surface area contributed by atoms with Crippen LogP contribution in [-0.2, 0) is 16.0 Å². The number of ether oxygens (including phenoxy) is 2.